The molecule has 1 aliphatic heterocycles. The van der Waals surface area contributed by atoms with Gasteiger partial charge >= 0.3 is 0 Å². The zero-order valence-electron chi connectivity index (χ0n) is 14.5. The summed E-state index contributed by atoms with van der Waals surface area (Å²) in [6, 6.07) is 10.2. The monoisotopic (exact) mass is 332 g/mol. The summed E-state index contributed by atoms with van der Waals surface area (Å²) in [5, 5.41) is 2.80. The quantitative estimate of drug-likeness (QED) is 0.744. The van der Waals surface area contributed by atoms with Gasteiger partial charge in [-0.3, -0.25) is 9.59 Å². The van der Waals surface area contributed by atoms with Gasteiger partial charge in [0.25, 0.3) is 0 Å². The summed E-state index contributed by atoms with van der Waals surface area (Å²) in [6.45, 7) is 4.25. The van der Waals surface area contributed by atoms with Crippen LogP contribution in [-0.4, -0.2) is 42.5 Å². The molecule has 5 nitrogen and oxygen atoms in total. The average molecular weight is 332 g/mol. The van der Waals surface area contributed by atoms with Gasteiger partial charge in [0.05, 0.1) is 13.2 Å². The molecule has 0 spiro atoms. The maximum Gasteiger partial charge on any atom is 0.224 e. The number of rotatable bonds is 8. The van der Waals surface area contributed by atoms with Crippen molar-refractivity contribution in [1.82, 2.24) is 10.2 Å². The third-order valence-corrected chi connectivity index (χ3v) is 4.37. The summed E-state index contributed by atoms with van der Waals surface area (Å²) in [6.07, 6.45) is 4.06. The van der Waals surface area contributed by atoms with E-state index in [1.165, 1.54) is 6.42 Å². The number of hydrogen-bond acceptors (Lipinski definition) is 3. The number of carbonyl (C=O) groups excluding carboxylic acids is 2. The van der Waals surface area contributed by atoms with Crippen molar-refractivity contribution in [2.24, 2.45) is 0 Å². The summed E-state index contributed by atoms with van der Waals surface area (Å²) < 4.78 is 5.49. The van der Waals surface area contributed by atoms with Crippen LogP contribution in [0.2, 0.25) is 0 Å². The summed E-state index contributed by atoms with van der Waals surface area (Å²) in [5.41, 5.74) is 1.10. The number of ether oxygens (including phenoxy) is 1. The van der Waals surface area contributed by atoms with Crippen LogP contribution >= 0.6 is 0 Å². The van der Waals surface area contributed by atoms with E-state index in [1.807, 2.05) is 35.2 Å². The molecular weight excluding hydrogens is 304 g/mol. The van der Waals surface area contributed by atoms with Gasteiger partial charge in [-0.05, 0) is 31.7 Å². The van der Waals surface area contributed by atoms with Crippen LogP contribution in [0.15, 0.2) is 30.3 Å². The van der Waals surface area contributed by atoms with Crippen LogP contribution in [0.1, 0.15) is 44.6 Å². The van der Waals surface area contributed by atoms with Crippen molar-refractivity contribution < 1.29 is 14.3 Å². The predicted octanol–water partition coefficient (Wildman–Crippen LogP) is 2.50. The van der Waals surface area contributed by atoms with Crippen LogP contribution < -0.4 is 5.32 Å². The molecule has 0 aromatic heterocycles. The number of benzene rings is 1. The molecule has 0 aliphatic carbocycles. The number of hydrogen-bond donors (Lipinski definition) is 1. The number of carbonyl (C=O) groups is 2. The Bertz CT molecular complexity index is 519. The Morgan fingerprint density at radius 1 is 1.21 bits per heavy atom. The highest BCUT2D eigenvalue weighted by molar-refractivity contribution is 5.79. The molecule has 2 rings (SSSR count). The van der Waals surface area contributed by atoms with Gasteiger partial charge in [0.2, 0.25) is 11.8 Å². The predicted molar refractivity (Wildman–Crippen MR) is 93.4 cm³/mol. The van der Waals surface area contributed by atoms with Crippen molar-refractivity contribution >= 4 is 11.8 Å². The van der Waals surface area contributed by atoms with Gasteiger partial charge in [-0.25, -0.2) is 0 Å². The Kier molecular flexibility index (Phi) is 7.75. The molecular formula is C19H28N2O3. The Hall–Kier alpha value is -1.88. The van der Waals surface area contributed by atoms with E-state index in [-0.39, 0.29) is 11.8 Å². The maximum atomic E-state index is 12.2. The van der Waals surface area contributed by atoms with E-state index in [2.05, 4.69) is 12.2 Å². The average Bonchev–Trinajstić information content (AvgIpc) is 2.60. The lowest BCUT2D eigenvalue weighted by atomic mass is 10.0. The normalized spacial score (nSPS) is 17.5. The molecule has 1 fully saturated rings. The molecule has 24 heavy (non-hydrogen) atoms. The van der Waals surface area contributed by atoms with Gasteiger partial charge < -0.3 is 15.0 Å². The van der Waals surface area contributed by atoms with E-state index >= 15 is 0 Å². The molecule has 0 radical (unpaired) electrons. The molecule has 0 unspecified atom stereocenters. The fraction of sp³-hybridized carbons (Fsp3) is 0.579. The van der Waals surface area contributed by atoms with Crippen molar-refractivity contribution in [3.05, 3.63) is 35.9 Å². The fourth-order valence-electron chi connectivity index (χ4n) is 2.94. The van der Waals surface area contributed by atoms with E-state index in [4.69, 9.17) is 4.74 Å². The maximum absolute atomic E-state index is 12.2. The topological polar surface area (TPSA) is 58.6 Å². The van der Waals surface area contributed by atoms with Crippen LogP contribution in [0.5, 0.6) is 0 Å². The minimum atomic E-state index is -0.0671. The highest BCUT2D eigenvalue weighted by atomic mass is 16.5. The number of amides is 2. The summed E-state index contributed by atoms with van der Waals surface area (Å²) in [5.74, 6) is 0.0744. The number of likely N-dealkylation sites (tertiary alicyclic amines) is 1. The Morgan fingerprint density at radius 3 is 2.75 bits per heavy atom. The standard InChI is InChI=1S/C19H28N2O3/c1-16-7-5-6-13-21(16)19(23)10-12-20-18(22)11-14-24-15-17-8-3-2-4-9-17/h2-4,8-9,16H,5-7,10-15H2,1H3,(H,20,22)/t16-/m1/s1. The first-order chi connectivity index (χ1) is 11.7. The Morgan fingerprint density at radius 2 is 2.00 bits per heavy atom. The third-order valence-electron chi connectivity index (χ3n) is 4.37. The van der Waals surface area contributed by atoms with Crippen molar-refractivity contribution in [3.63, 3.8) is 0 Å². The van der Waals surface area contributed by atoms with Crippen LogP contribution in [-0.2, 0) is 20.9 Å². The molecule has 0 bridgehead atoms. The lowest BCUT2D eigenvalue weighted by Crippen LogP contribution is -2.43. The van der Waals surface area contributed by atoms with Crippen molar-refractivity contribution in [1.29, 1.82) is 0 Å². The van der Waals surface area contributed by atoms with Gasteiger partial charge in [0.15, 0.2) is 0 Å². The fourth-order valence-corrected chi connectivity index (χ4v) is 2.94. The lowest BCUT2D eigenvalue weighted by Gasteiger charge is -2.33. The largest absolute Gasteiger partial charge is 0.376 e. The number of nitrogens with zero attached hydrogens (tertiary/aromatic N) is 1. The molecule has 132 valence electrons. The SMILES string of the molecule is C[C@@H]1CCCCN1C(=O)CCNC(=O)CCOCc1ccccc1. The zero-order valence-corrected chi connectivity index (χ0v) is 14.5. The van der Waals surface area contributed by atoms with E-state index in [0.717, 1.165) is 24.9 Å². The van der Waals surface area contributed by atoms with Crippen LogP contribution in [0.3, 0.4) is 0 Å². The zero-order chi connectivity index (χ0) is 17.2. The van der Waals surface area contributed by atoms with E-state index < -0.39 is 0 Å². The molecule has 1 aliphatic rings. The minimum Gasteiger partial charge on any atom is -0.376 e. The second kappa shape index (κ2) is 10.1. The van der Waals surface area contributed by atoms with Gasteiger partial charge in [-0.2, -0.15) is 0 Å². The highest BCUT2D eigenvalue weighted by Gasteiger charge is 2.22. The lowest BCUT2D eigenvalue weighted by molar-refractivity contribution is -0.134. The Balaban J connectivity index is 1.54. The first-order valence-corrected chi connectivity index (χ1v) is 8.84. The van der Waals surface area contributed by atoms with E-state index in [9.17, 15) is 9.59 Å². The number of nitrogens with one attached hydrogen (secondary N) is 1. The van der Waals surface area contributed by atoms with Crippen molar-refractivity contribution in [2.45, 2.75) is 51.7 Å². The molecule has 1 saturated heterocycles. The van der Waals surface area contributed by atoms with Gasteiger partial charge in [-0.1, -0.05) is 30.3 Å². The summed E-state index contributed by atoms with van der Waals surface area (Å²) in [4.78, 5) is 25.9. The molecule has 0 saturated carbocycles. The van der Waals surface area contributed by atoms with E-state index in [0.29, 0.717) is 38.6 Å². The minimum absolute atomic E-state index is 0.0671. The molecule has 1 atom stereocenters. The van der Waals surface area contributed by atoms with Crippen LogP contribution in [0, 0.1) is 0 Å². The second-order valence-electron chi connectivity index (χ2n) is 6.32. The van der Waals surface area contributed by atoms with Gasteiger partial charge in [0.1, 0.15) is 0 Å². The van der Waals surface area contributed by atoms with E-state index in [1.54, 1.807) is 0 Å². The second-order valence-corrected chi connectivity index (χ2v) is 6.32. The molecule has 1 N–H and O–H groups in total. The van der Waals surface area contributed by atoms with Crippen LogP contribution in [0.25, 0.3) is 0 Å². The van der Waals surface area contributed by atoms with Crippen molar-refractivity contribution in [3.8, 4) is 0 Å². The third kappa shape index (κ3) is 6.32. The summed E-state index contributed by atoms with van der Waals surface area (Å²) >= 11 is 0. The molecule has 1 aromatic rings. The van der Waals surface area contributed by atoms with Gasteiger partial charge in [-0.15, -0.1) is 0 Å². The Labute approximate surface area is 144 Å². The highest BCUT2D eigenvalue weighted by Crippen LogP contribution is 2.16. The van der Waals surface area contributed by atoms with Crippen molar-refractivity contribution in [2.75, 3.05) is 19.7 Å². The molecule has 1 heterocycles. The molecule has 1 aromatic carbocycles. The molecule has 5 heteroatoms. The smallest absolute Gasteiger partial charge is 0.224 e. The first kappa shape index (κ1) is 18.5. The first-order valence-electron chi connectivity index (χ1n) is 8.84. The van der Waals surface area contributed by atoms with Gasteiger partial charge in [0, 0.05) is 32.0 Å². The van der Waals surface area contributed by atoms with Crippen LogP contribution in [0.4, 0.5) is 0 Å². The summed E-state index contributed by atoms with van der Waals surface area (Å²) in [7, 11) is 0. The molecule has 2 amide bonds. The number of piperidine rings is 1.